The van der Waals surface area contributed by atoms with Crippen LogP contribution in [0.5, 0.6) is 11.6 Å². The number of pyridine rings is 1. The Morgan fingerprint density at radius 2 is 1.78 bits per heavy atom. The molecule has 8 heteroatoms. The molecular formula is C24H22FN3O3S. The van der Waals surface area contributed by atoms with E-state index in [4.69, 9.17) is 4.74 Å². The van der Waals surface area contributed by atoms with Gasteiger partial charge in [-0.3, -0.25) is 9.59 Å². The zero-order valence-electron chi connectivity index (χ0n) is 17.3. The lowest BCUT2D eigenvalue weighted by atomic mass is 10.2. The van der Waals surface area contributed by atoms with Crippen LogP contribution in [-0.2, 0) is 4.79 Å². The first-order valence-electron chi connectivity index (χ1n) is 10.3. The van der Waals surface area contributed by atoms with Crippen molar-refractivity contribution in [2.45, 2.75) is 17.7 Å². The predicted octanol–water partition coefficient (Wildman–Crippen LogP) is 4.98. The lowest BCUT2D eigenvalue weighted by Crippen LogP contribution is -2.29. The van der Waals surface area contributed by atoms with Gasteiger partial charge in [0.1, 0.15) is 11.6 Å². The number of hydrogen-bond donors (Lipinski definition) is 1. The molecule has 0 spiro atoms. The van der Waals surface area contributed by atoms with Crippen molar-refractivity contribution in [2.75, 3.05) is 24.2 Å². The quantitative estimate of drug-likeness (QED) is 0.513. The number of rotatable bonds is 7. The summed E-state index contributed by atoms with van der Waals surface area (Å²) in [6.07, 6.45) is 3.59. The molecule has 6 nitrogen and oxygen atoms in total. The third-order valence-corrected chi connectivity index (χ3v) is 6.03. The van der Waals surface area contributed by atoms with E-state index in [-0.39, 0.29) is 17.6 Å². The molecule has 4 rings (SSSR count). The van der Waals surface area contributed by atoms with E-state index < -0.39 is 0 Å². The minimum Gasteiger partial charge on any atom is -0.439 e. The van der Waals surface area contributed by atoms with E-state index in [1.165, 1.54) is 42.2 Å². The summed E-state index contributed by atoms with van der Waals surface area (Å²) in [6.45, 7) is 1.63. The monoisotopic (exact) mass is 451 g/mol. The van der Waals surface area contributed by atoms with Crippen molar-refractivity contribution in [1.29, 1.82) is 0 Å². The summed E-state index contributed by atoms with van der Waals surface area (Å²) in [4.78, 5) is 32.0. The second-order valence-electron chi connectivity index (χ2n) is 7.27. The van der Waals surface area contributed by atoms with Gasteiger partial charge in [-0.1, -0.05) is 12.1 Å². The van der Waals surface area contributed by atoms with E-state index >= 15 is 0 Å². The maximum Gasteiger partial charge on any atom is 0.256 e. The molecule has 1 aliphatic heterocycles. The molecule has 1 aromatic heterocycles. The highest BCUT2D eigenvalue weighted by molar-refractivity contribution is 8.00. The molecule has 1 aliphatic rings. The molecule has 1 fully saturated rings. The third kappa shape index (κ3) is 5.64. The van der Waals surface area contributed by atoms with Gasteiger partial charge in [0.2, 0.25) is 11.8 Å². The molecule has 0 saturated carbocycles. The number of carbonyl (C=O) groups excluding carboxylic acids is 2. The summed E-state index contributed by atoms with van der Waals surface area (Å²) in [5, 5.41) is 2.82. The largest absolute Gasteiger partial charge is 0.439 e. The molecule has 2 aromatic carbocycles. The third-order valence-electron chi connectivity index (χ3n) is 4.97. The fourth-order valence-electron chi connectivity index (χ4n) is 3.31. The SMILES string of the molecule is O=C(Nc1ccc(Oc2ccc(F)cc2)nc1)c1ccccc1SCC(=O)N1CCCC1. The van der Waals surface area contributed by atoms with Gasteiger partial charge in [-0.2, -0.15) is 0 Å². The van der Waals surface area contributed by atoms with Crippen molar-refractivity contribution in [3.8, 4) is 11.6 Å². The number of thioether (sulfide) groups is 1. The molecule has 2 heterocycles. The Kier molecular flexibility index (Phi) is 7.01. The van der Waals surface area contributed by atoms with Crippen LogP contribution < -0.4 is 10.1 Å². The van der Waals surface area contributed by atoms with Crippen LogP contribution in [0.1, 0.15) is 23.2 Å². The number of aromatic nitrogens is 1. The van der Waals surface area contributed by atoms with Gasteiger partial charge in [-0.15, -0.1) is 11.8 Å². The Morgan fingerprint density at radius 3 is 2.50 bits per heavy atom. The minimum atomic E-state index is -0.345. The molecule has 164 valence electrons. The molecule has 0 bridgehead atoms. The number of likely N-dealkylation sites (tertiary alicyclic amines) is 1. The lowest BCUT2D eigenvalue weighted by molar-refractivity contribution is -0.127. The standard InChI is InChI=1S/C24H22FN3O3S/c25-17-7-10-19(11-8-17)31-22-12-9-18(15-26-22)27-24(30)20-5-1-2-6-21(20)32-16-23(29)28-13-3-4-14-28/h1-2,5-12,15H,3-4,13-14,16H2,(H,27,30). The van der Waals surface area contributed by atoms with E-state index in [1.807, 2.05) is 17.0 Å². The van der Waals surface area contributed by atoms with Crippen molar-refractivity contribution in [1.82, 2.24) is 9.88 Å². The van der Waals surface area contributed by atoms with Gasteiger partial charge in [0.25, 0.3) is 5.91 Å². The molecule has 0 radical (unpaired) electrons. The highest BCUT2D eigenvalue weighted by Crippen LogP contribution is 2.25. The van der Waals surface area contributed by atoms with Crippen molar-refractivity contribution < 1.29 is 18.7 Å². The average Bonchev–Trinajstić information content (AvgIpc) is 3.36. The number of halogens is 1. The number of carbonyl (C=O) groups is 2. The second kappa shape index (κ2) is 10.3. The van der Waals surface area contributed by atoms with Crippen molar-refractivity contribution >= 4 is 29.3 Å². The van der Waals surface area contributed by atoms with Crippen LogP contribution in [-0.4, -0.2) is 40.5 Å². The molecule has 2 amide bonds. The maximum atomic E-state index is 13.0. The molecule has 0 atom stereocenters. The number of amides is 2. The van der Waals surface area contributed by atoms with Gasteiger partial charge in [-0.25, -0.2) is 9.37 Å². The van der Waals surface area contributed by atoms with Crippen LogP contribution in [0.2, 0.25) is 0 Å². The van der Waals surface area contributed by atoms with Crippen LogP contribution in [0, 0.1) is 5.82 Å². The lowest BCUT2D eigenvalue weighted by Gasteiger charge is -2.15. The maximum absolute atomic E-state index is 13.0. The van der Waals surface area contributed by atoms with E-state index in [1.54, 1.807) is 24.3 Å². The van der Waals surface area contributed by atoms with Gasteiger partial charge in [-0.05, 0) is 55.3 Å². The fraction of sp³-hybridized carbons (Fsp3) is 0.208. The molecule has 32 heavy (non-hydrogen) atoms. The van der Waals surface area contributed by atoms with Crippen LogP contribution in [0.3, 0.4) is 0 Å². The Bertz CT molecular complexity index is 1080. The number of nitrogens with one attached hydrogen (secondary N) is 1. The molecule has 0 aliphatic carbocycles. The first kappa shape index (κ1) is 21.8. The number of nitrogens with zero attached hydrogens (tertiary/aromatic N) is 2. The summed E-state index contributed by atoms with van der Waals surface area (Å²) in [6, 6.07) is 16.1. The van der Waals surface area contributed by atoms with Gasteiger partial charge in [0, 0.05) is 24.1 Å². The van der Waals surface area contributed by atoms with Crippen LogP contribution >= 0.6 is 11.8 Å². The molecule has 0 unspecified atom stereocenters. The number of hydrogen-bond acceptors (Lipinski definition) is 5. The predicted molar refractivity (Wildman–Crippen MR) is 122 cm³/mol. The first-order valence-corrected chi connectivity index (χ1v) is 11.3. The summed E-state index contributed by atoms with van der Waals surface area (Å²) in [7, 11) is 0. The molecule has 1 N–H and O–H groups in total. The summed E-state index contributed by atoms with van der Waals surface area (Å²) >= 11 is 1.37. The van der Waals surface area contributed by atoms with E-state index in [9.17, 15) is 14.0 Å². The zero-order valence-corrected chi connectivity index (χ0v) is 18.1. The Hall–Kier alpha value is -3.39. The van der Waals surface area contributed by atoms with Crippen LogP contribution in [0.25, 0.3) is 0 Å². The Balaban J connectivity index is 1.37. The fourth-order valence-corrected chi connectivity index (χ4v) is 4.27. The smallest absolute Gasteiger partial charge is 0.256 e. The van der Waals surface area contributed by atoms with Gasteiger partial charge < -0.3 is 15.0 Å². The second-order valence-corrected chi connectivity index (χ2v) is 8.29. The molecule has 1 saturated heterocycles. The highest BCUT2D eigenvalue weighted by atomic mass is 32.2. The van der Waals surface area contributed by atoms with Crippen molar-refractivity contribution in [3.05, 3.63) is 78.2 Å². The summed E-state index contributed by atoms with van der Waals surface area (Å²) in [5.41, 5.74) is 1.01. The van der Waals surface area contributed by atoms with E-state index in [2.05, 4.69) is 10.3 Å². The summed E-state index contributed by atoms with van der Waals surface area (Å²) < 4.78 is 18.6. The zero-order chi connectivity index (χ0) is 22.3. The van der Waals surface area contributed by atoms with Gasteiger partial charge in [0.15, 0.2) is 0 Å². The number of benzene rings is 2. The average molecular weight is 452 g/mol. The van der Waals surface area contributed by atoms with Crippen molar-refractivity contribution in [2.24, 2.45) is 0 Å². The van der Waals surface area contributed by atoms with Gasteiger partial charge in [0.05, 0.1) is 23.2 Å². The van der Waals surface area contributed by atoms with Crippen LogP contribution in [0.15, 0.2) is 71.8 Å². The number of ether oxygens (including phenoxy) is 1. The first-order chi connectivity index (χ1) is 15.6. The number of anilines is 1. The van der Waals surface area contributed by atoms with Crippen molar-refractivity contribution in [3.63, 3.8) is 0 Å². The van der Waals surface area contributed by atoms with E-state index in [0.29, 0.717) is 28.6 Å². The minimum absolute atomic E-state index is 0.101. The van der Waals surface area contributed by atoms with Crippen LogP contribution in [0.4, 0.5) is 10.1 Å². The van der Waals surface area contributed by atoms with Gasteiger partial charge >= 0.3 is 0 Å². The van der Waals surface area contributed by atoms with E-state index in [0.717, 1.165) is 30.8 Å². The summed E-state index contributed by atoms with van der Waals surface area (Å²) in [5.74, 6) is 0.569. The topological polar surface area (TPSA) is 71.5 Å². The molecule has 3 aromatic rings. The molecular weight excluding hydrogens is 429 g/mol. The Morgan fingerprint density at radius 1 is 1.03 bits per heavy atom. The highest BCUT2D eigenvalue weighted by Gasteiger charge is 2.19. The normalized spacial score (nSPS) is 13.1. The Labute approximate surface area is 189 Å².